The van der Waals surface area contributed by atoms with Crippen molar-refractivity contribution in [1.82, 2.24) is 13.5 Å². The van der Waals surface area contributed by atoms with Gasteiger partial charge in [-0.1, -0.05) is 24.3 Å². The van der Waals surface area contributed by atoms with Gasteiger partial charge in [0.15, 0.2) is 0 Å². The molecule has 1 aromatic rings. The van der Waals surface area contributed by atoms with Crippen LogP contribution in [0.5, 0.6) is 0 Å². The smallest absolute Gasteiger partial charge is 0.282 e. The highest BCUT2D eigenvalue weighted by Gasteiger charge is 2.38. The molecule has 2 saturated heterocycles. The molecule has 0 aromatic heterocycles. The maximum atomic E-state index is 12.7. The molecular weight excluding hydrogens is 310 g/mol. The van der Waals surface area contributed by atoms with Crippen LogP contribution in [0.25, 0.3) is 0 Å². The van der Waals surface area contributed by atoms with Crippen molar-refractivity contribution in [2.45, 2.75) is 38.3 Å². The average Bonchev–Trinajstić information content (AvgIpc) is 3.26. The van der Waals surface area contributed by atoms with E-state index in [2.05, 4.69) is 29.2 Å². The van der Waals surface area contributed by atoms with Gasteiger partial charge >= 0.3 is 0 Å². The Labute approximate surface area is 139 Å². The summed E-state index contributed by atoms with van der Waals surface area (Å²) in [6, 6.07) is 8.98. The molecule has 2 fully saturated rings. The standard InChI is InChI=1S/C17H25N3O2S/c21-23(22,19-9-3-4-10-19)20-12-8-17(14-20)18-11-7-15-5-1-2-6-16(15)13-18/h1-2,5-6,17H,3-4,7-14H2. The predicted molar refractivity (Wildman–Crippen MR) is 90.3 cm³/mol. The zero-order chi connectivity index (χ0) is 15.9. The van der Waals surface area contributed by atoms with E-state index in [1.165, 1.54) is 11.1 Å². The van der Waals surface area contributed by atoms with Crippen LogP contribution in [-0.2, 0) is 23.2 Å². The molecule has 5 nitrogen and oxygen atoms in total. The van der Waals surface area contributed by atoms with Crippen LogP contribution in [0.2, 0.25) is 0 Å². The Morgan fingerprint density at radius 2 is 1.65 bits per heavy atom. The first-order valence-corrected chi connectivity index (χ1v) is 10.1. The maximum Gasteiger partial charge on any atom is 0.282 e. The zero-order valence-corrected chi connectivity index (χ0v) is 14.3. The number of fused-ring (bicyclic) bond motifs is 1. The number of hydrogen-bond acceptors (Lipinski definition) is 3. The van der Waals surface area contributed by atoms with E-state index in [9.17, 15) is 8.42 Å². The fraction of sp³-hybridized carbons (Fsp3) is 0.647. The molecule has 0 saturated carbocycles. The largest absolute Gasteiger partial charge is 0.294 e. The van der Waals surface area contributed by atoms with Gasteiger partial charge in [0, 0.05) is 45.3 Å². The Balaban J connectivity index is 1.43. The van der Waals surface area contributed by atoms with Gasteiger partial charge in [-0.3, -0.25) is 4.90 Å². The first-order valence-electron chi connectivity index (χ1n) is 8.71. The van der Waals surface area contributed by atoms with Crippen molar-refractivity contribution >= 4 is 10.2 Å². The summed E-state index contributed by atoms with van der Waals surface area (Å²) in [5, 5.41) is 0. The molecule has 6 heteroatoms. The lowest BCUT2D eigenvalue weighted by Crippen LogP contribution is -2.44. The average molecular weight is 335 g/mol. The molecule has 0 amide bonds. The van der Waals surface area contributed by atoms with Crippen LogP contribution < -0.4 is 0 Å². The maximum absolute atomic E-state index is 12.7. The zero-order valence-electron chi connectivity index (χ0n) is 13.5. The Hall–Kier alpha value is -0.950. The predicted octanol–water partition coefficient (Wildman–Crippen LogP) is 1.46. The quantitative estimate of drug-likeness (QED) is 0.840. The molecule has 3 heterocycles. The molecular formula is C17H25N3O2S. The van der Waals surface area contributed by atoms with Crippen LogP contribution >= 0.6 is 0 Å². The molecule has 1 atom stereocenters. The van der Waals surface area contributed by atoms with E-state index in [4.69, 9.17) is 0 Å². The molecule has 0 radical (unpaired) electrons. The highest BCUT2D eigenvalue weighted by molar-refractivity contribution is 7.86. The lowest BCUT2D eigenvalue weighted by molar-refractivity contribution is 0.185. The van der Waals surface area contributed by atoms with Crippen LogP contribution in [0, 0.1) is 0 Å². The van der Waals surface area contributed by atoms with Crippen LogP contribution in [0.4, 0.5) is 0 Å². The van der Waals surface area contributed by atoms with Gasteiger partial charge in [0.25, 0.3) is 10.2 Å². The second kappa shape index (κ2) is 6.16. The van der Waals surface area contributed by atoms with Gasteiger partial charge in [-0.05, 0) is 36.8 Å². The Kier molecular flexibility index (Phi) is 4.17. The molecule has 0 spiro atoms. The Bertz CT molecular complexity index is 670. The summed E-state index contributed by atoms with van der Waals surface area (Å²) >= 11 is 0. The van der Waals surface area contributed by atoms with E-state index >= 15 is 0 Å². The normalized spacial score (nSPS) is 27.4. The molecule has 0 aliphatic carbocycles. The van der Waals surface area contributed by atoms with Gasteiger partial charge in [-0.25, -0.2) is 0 Å². The fourth-order valence-corrected chi connectivity index (χ4v) is 5.87. The molecule has 0 N–H and O–H groups in total. The molecule has 3 aliphatic heterocycles. The Morgan fingerprint density at radius 3 is 2.43 bits per heavy atom. The lowest BCUT2D eigenvalue weighted by Gasteiger charge is -2.33. The SMILES string of the molecule is O=S(=O)(N1CCCC1)N1CCC(N2CCc3ccccc3C2)C1. The fourth-order valence-electron chi connectivity index (χ4n) is 4.13. The molecule has 1 unspecified atom stereocenters. The van der Waals surface area contributed by atoms with Crippen molar-refractivity contribution in [2.75, 3.05) is 32.7 Å². The second-order valence-corrected chi connectivity index (χ2v) is 8.83. The van der Waals surface area contributed by atoms with Crippen LogP contribution in [0.3, 0.4) is 0 Å². The summed E-state index contributed by atoms with van der Waals surface area (Å²) in [6.07, 6.45) is 4.03. The van der Waals surface area contributed by atoms with Gasteiger partial charge in [0.2, 0.25) is 0 Å². The van der Waals surface area contributed by atoms with E-state index < -0.39 is 10.2 Å². The van der Waals surface area contributed by atoms with Crippen molar-refractivity contribution in [2.24, 2.45) is 0 Å². The third-order valence-corrected chi connectivity index (χ3v) is 7.52. The van der Waals surface area contributed by atoms with Gasteiger partial charge in [0.05, 0.1) is 0 Å². The first-order chi connectivity index (χ1) is 11.1. The van der Waals surface area contributed by atoms with E-state index in [1.807, 2.05) is 0 Å². The van der Waals surface area contributed by atoms with Crippen molar-refractivity contribution in [1.29, 1.82) is 0 Å². The minimum atomic E-state index is -3.23. The lowest BCUT2D eigenvalue weighted by atomic mass is 9.98. The van der Waals surface area contributed by atoms with Crippen LogP contribution in [0.1, 0.15) is 30.4 Å². The number of rotatable bonds is 3. The molecule has 4 rings (SSSR count). The summed E-state index contributed by atoms with van der Waals surface area (Å²) in [5.41, 5.74) is 2.85. The summed E-state index contributed by atoms with van der Waals surface area (Å²) in [5.74, 6) is 0. The van der Waals surface area contributed by atoms with Crippen LogP contribution in [0.15, 0.2) is 24.3 Å². The molecule has 3 aliphatic rings. The summed E-state index contributed by atoms with van der Waals surface area (Å²) in [6.45, 7) is 4.71. The molecule has 1 aromatic carbocycles. The van der Waals surface area contributed by atoms with E-state index in [0.717, 1.165) is 38.8 Å². The van der Waals surface area contributed by atoms with Crippen molar-refractivity contribution in [3.05, 3.63) is 35.4 Å². The summed E-state index contributed by atoms with van der Waals surface area (Å²) < 4.78 is 28.8. The highest BCUT2D eigenvalue weighted by Crippen LogP contribution is 2.27. The third kappa shape index (κ3) is 2.93. The van der Waals surface area contributed by atoms with Gasteiger partial charge in [0.1, 0.15) is 0 Å². The number of hydrogen-bond donors (Lipinski definition) is 0. The molecule has 126 valence electrons. The Morgan fingerprint density at radius 1 is 0.913 bits per heavy atom. The minimum absolute atomic E-state index is 0.362. The summed E-state index contributed by atoms with van der Waals surface area (Å²) in [4.78, 5) is 2.47. The second-order valence-electron chi connectivity index (χ2n) is 6.90. The number of benzene rings is 1. The van der Waals surface area contributed by atoms with E-state index in [-0.39, 0.29) is 0 Å². The van der Waals surface area contributed by atoms with Crippen LogP contribution in [-0.4, -0.2) is 60.7 Å². The summed E-state index contributed by atoms with van der Waals surface area (Å²) in [7, 11) is -3.23. The van der Waals surface area contributed by atoms with Gasteiger partial charge in [-0.15, -0.1) is 0 Å². The van der Waals surface area contributed by atoms with Gasteiger partial charge < -0.3 is 0 Å². The van der Waals surface area contributed by atoms with E-state index in [0.29, 0.717) is 32.2 Å². The monoisotopic (exact) mass is 335 g/mol. The van der Waals surface area contributed by atoms with E-state index in [1.54, 1.807) is 8.61 Å². The van der Waals surface area contributed by atoms with Crippen molar-refractivity contribution in [3.63, 3.8) is 0 Å². The first kappa shape index (κ1) is 15.6. The van der Waals surface area contributed by atoms with Gasteiger partial charge in [-0.2, -0.15) is 17.0 Å². The molecule has 0 bridgehead atoms. The third-order valence-electron chi connectivity index (χ3n) is 5.52. The topological polar surface area (TPSA) is 43.9 Å². The van der Waals surface area contributed by atoms with Crippen molar-refractivity contribution < 1.29 is 8.42 Å². The van der Waals surface area contributed by atoms with Crippen molar-refractivity contribution in [3.8, 4) is 0 Å². The highest BCUT2D eigenvalue weighted by atomic mass is 32.2. The minimum Gasteiger partial charge on any atom is -0.294 e. The number of nitrogens with zero attached hydrogens (tertiary/aromatic N) is 3. The molecule has 23 heavy (non-hydrogen) atoms.